The number of carbonyl (C=O) groups excluding carboxylic acids is 3. The van der Waals surface area contributed by atoms with E-state index >= 15 is 0 Å². The summed E-state index contributed by atoms with van der Waals surface area (Å²) in [4.78, 5) is 50.9. The summed E-state index contributed by atoms with van der Waals surface area (Å²) in [6, 6.07) is 10.6. The molecule has 252 valence electrons. The number of nitrogen functional groups attached to an aromatic ring is 1. The molecule has 1 aromatic carbocycles. The van der Waals surface area contributed by atoms with Gasteiger partial charge in [0.1, 0.15) is 42.3 Å². The van der Waals surface area contributed by atoms with Gasteiger partial charge in [0, 0.05) is 29.2 Å². The minimum Gasteiger partial charge on any atom is -1.00 e. The summed E-state index contributed by atoms with van der Waals surface area (Å²) >= 11 is 2.63. The number of nitrogens with two attached hydrogens (primary N) is 1. The first kappa shape index (κ1) is 35.3. The Kier molecular flexibility index (Phi) is 11.8. The first-order valence-corrected chi connectivity index (χ1v) is 17.1. The van der Waals surface area contributed by atoms with Gasteiger partial charge in [-0.2, -0.15) is 4.57 Å². The minimum atomic E-state index is -0.886. The van der Waals surface area contributed by atoms with E-state index in [1.165, 1.54) is 41.4 Å². The number of amides is 2. The molecular formula is C33H35IN6O6S2. The zero-order valence-corrected chi connectivity index (χ0v) is 30.2. The lowest BCUT2D eigenvalue weighted by Crippen LogP contribution is -3.00. The molecule has 0 spiro atoms. The molecule has 0 saturated carbocycles. The highest BCUT2D eigenvalue weighted by Gasteiger charge is 2.54. The molecule has 15 heteroatoms. The second kappa shape index (κ2) is 16.0. The zero-order chi connectivity index (χ0) is 32.9. The Morgan fingerprint density at radius 1 is 1.19 bits per heavy atom. The predicted octanol–water partition coefficient (Wildman–Crippen LogP) is -0.0915. The van der Waals surface area contributed by atoms with Crippen molar-refractivity contribution in [1.29, 1.82) is 0 Å². The van der Waals surface area contributed by atoms with E-state index < -0.39 is 29.2 Å². The van der Waals surface area contributed by atoms with Crippen LogP contribution in [-0.2, 0) is 50.0 Å². The number of rotatable bonds is 12. The number of halogens is 1. The van der Waals surface area contributed by atoms with Crippen molar-refractivity contribution in [2.75, 3.05) is 25.7 Å². The fourth-order valence-electron chi connectivity index (χ4n) is 5.87. The van der Waals surface area contributed by atoms with Crippen LogP contribution in [0.15, 0.2) is 76.6 Å². The molecule has 1 aliphatic carbocycles. The first-order valence-electron chi connectivity index (χ1n) is 15.1. The summed E-state index contributed by atoms with van der Waals surface area (Å²) in [7, 11) is 2.89. The molecular weight excluding hydrogens is 767 g/mol. The average Bonchev–Trinajstić information content (AvgIpc) is 3.76. The maximum Gasteiger partial charge on any atom is 0.355 e. The number of pyridine rings is 1. The molecule has 12 nitrogen and oxygen atoms in total. The summed E-state index contributed by atoms with van der Waals surface area (Å²) < 4.78 is 13.2. The highest BCUT2D eigenvalue weighted by Crippen LogP contribution is 2.41. The van der Waals surface area contributed by atoms with Crippen molar-refractivity contribution in [3.8, 4) is 5.75 Å². The highest BCUT2D eigenvalue weighted by atomic mass is 127. The predicted molar refractivity (Wildman–Crippen MR) is 177 cm³/mol. The number of anilines is 1. The van der Waals surface area contributed by atoms with Crippen LogP contribution in [0.25, 0.3) is 0 Å². The normalized spacial score (nSPS) is 18.5. The number of thiazole rings is 1. The number of aryl methyl sites for hydroxylation is 1. The van der Waals surface area contributed by atoms with Crippen molar-refractivity contribution in [2.24, 2.45) is 5.16 Å². The summed E-state index contributed by atoms with van der Waals surface area (Å²) in [6.07, 6.45) is 10.0. The molecule has 1 saturated heterocycles. The van der Waals surface area contributed by atoms with Gasteiger partial charge in [0.25, 0.3) is 11.8 Å². The topological polar surface area (TPSA) is 149 Å². The van der Waals surface area contributed by atoms with E-state index in [0.717, 1.165) is 41.9 Å². The Hall–Kier alpha value is -3.96. The maximum absolute atomic E-state index is 13.7. The van der Waals surface area contributed by atoms with Crippen LogP contribution >= 0.6 is 23.1 Å². The van der Waals surface area contributed by atoms with Gasteiger partial charge < -0.3 is 49.3 Å². The van der Waals surface area contributed by atoms with Gasteiger partial charge in [-0.05, 0) is 54.7 Å². The van der Waals surface area contributed by atoms with Gasteiger partial charge in [-0.15, -0.1) is 23.1 Å². The van der Waals surface area contributed by atoms with Crippen molar-refractivity contribution in [3.63, 3.8) is 0 Å². The quantitative estimate of drug-likeness (QED) is 0.0488. The van der Waals surface area contributed by atoms with Crippen LogP contribution in [0.4, 0.5) is 5.13 Å². The molecule has 2 amide bonds. The van der Waals surface area contributed by atoms with Crippen LogP contribution in [0.1, 0.15) is 35.4 Å². The van der Waals surface area contributed by atoms with Crippen LogP contribution < -0.4 is 44.3 Å². The number of aromatic nitrogens is 2. The molecule has 4 heterocycles. The number of carbonyl (C=O) groups is 3. The van der Waals surface area contributed by atoms with E-state index in [1.54, 1.807) is 24.6 Å². The van der Waals surface area contributed by atoms with Crippen molar-refractivity contribution in [1.82, 2.24) is 15.2 Å². The number of thioether (sulfide) groups is 1. The largest absolute Gasteiger partial charge is 1.00 e. The van der Waals surface area contributed by atoms with E-state index in [0.29, 0.717) is 17.9 Å². The van der Waals surface area contributed by atoms with Gasteiger partial charge >= 0.3 is 5.97 Å². The Morgan fingerprint density at radius 2 is 2.00 bits per heavy atom. The smallest absolute Gasteiger partial charge is 0.355 e. The number of ether oxygens (including phenoxy) is 2. The third kappa shape index (κ3) is 7.52. The second-order valence-corrected chi connectivity index (χ2v) is 13.1. The number of hydrogen-bond donors (Lipinski definition) is 2. The van der Waals surface area contributed by atoms with Gasteiger partial charge in [-0.3, -0.25) is 14.5 Å². The number of nitrogens with zero attached hydrogens (tertiary/aromatic N) is 4. The van der Waals surface area contributed by atoms with Crippen molar-refractivity contribution in [2.45, 2.75) is 50.3 Å². The van der Waals surface area contributed by atoms with E-state index in [4.69, 9.17) is 20.0 Å². The molecule has 0 bridgehead atoms. The number of nitrogens with one attached hydrogen (secondary N) is 1. The number of esters is 1. The number of hydrogen-bond acceptors (Lipinski definition) is 11. The highest BCUT2D eigenvalue weighted by molar-refractivity contribution is 8.00. The monoisotopic (exact) mass is 802 g/mol. The summed E-state index contributed by atoms with van der Waals surface area (Å²) in [5.74, 6) is -0.477. The molecule has 1 fully saturated rings. The molecule has 2 atom stereocenters. The fraction of sp³-hybridized carbons (Fsp3) is 0.333. The maximum atomic E-state index is 13.7. The number of fused-ring (bicyclic) bond motifs is 2. The standard InChI is InChI=1S/C33H34N6O6S2.HI/c1-43-23-13-11-20(12-14-23)17-45-32(42)28-22(7-3-4-15-38-16-6-9-21-8-5-10-25(21)38)18-46-31-27(30(41)39(28)31)36-29(40)26(37-44-2)24-19-47-33(34)35-24;/h3-4,6,9,11-14,16,19,27,31H,5,7-8,10,15,17-18H2,1-2H3,(H2-,34,35,36,40);1H/b4-3+,37-26-;/t27-,31-;/m1./s1. The zero-order valence-electron chi connectivity index (χ0n) is 26.4. The van der Waals surface area contributed by atoms with Crippen LogP contribution in [0.5, 0.6) is 5.75 Å². The number of benzene rings is 1. The van der Waals surface area contributed by atoms with Crippen LogP contribution in [-0.4, -0.2) is 64.8 Å². The van der Waals surface area contributed by atoms with E-state index in [2.05, 4.69) is 44.4 Å². The number of allylic oxidation sites excluding steroid dienone is 2. The van der Waals surface area contributed by atoms with Crippen LogP contribution in [0.3, 0.4) is 0 Å². The Morgan fingerprint density at radius 3 is 2.73 bits per heavy atom. The van der Waals surface area contributed by atoms with E-state index in [-0.39, 0.29) is 52.8 Å². The Labute approximate surface area is 303 Å². The van der Waals surface area contributed by atoms with Gasteiger partial charge in [0.2, 0.25) is 0 Å². The number of oxime groups is 1. The van der Waals surface area contributed by atoms with Crippen molar-refractivity contribution in [3.05, 3.63) is 93.9 Å². The molecule has 0 unspecified atom stereocenters. The average molecular weight is 803 g/mol. The summed E-state index contributed by atoms with van der Waals surface area (Å²) in [5.41, 5.74) is 10.4. The molecule has 6 rings (SSSR count). The third-order valence-electron chi connectivity index (χ3n) is 8.19. The first-order chi connectivity index (χ1) is 22.9. The lowest BCUT2D eigenvalue weighted by Gasteiger charge is -2.49. The molecule has 0 radical (unpaired) electrons. The molecule has 48 heavy (non-hydrogen) atoms. The van der Waals surface area contributed by atoms with Crippen molar-refractivity contribution >= 4 is 51.7 Å². The molecule has 2 aromatic heterocycles. The van der Waals surface area contributed by atoms with Gasteiger partial charge in [0.05, 0.1) is 7.11 Å². The third-order valence-corrected chi connectivity index (χ3v) is 10.2. The van der Waals surface area contributed by atoms with Gasteiger partial charge in [-0.1, -0.05) is 23.4 Å². The summed E-state index contributed by atoms with van der Waals surface area (Å²) in [5, 5.41) is 7.90. The summed E-state index contributed by atoms with van der Waals surface area (Å²) in [6.45, 7) is 0.745. The molecule has 3 aromatic rings. The minimum absolute atomic E-state index is 0. The Bertz CT molecular complexity index is 1780. The van der Waals surface area contributed by atoms with E-state index in [9.17, 15) is 14.4 Å². The molecule has 3 N–H and O–H groups in total. The van der Waals surface area contributed by atoms with Crippen molar-refractivity contribution < 1.29 is 57.2 Å². The molecule has 2 aliphatic heterocycles. The molecule has 3 aliphatic rings. The number of methoxy groups -OCH3 is 1. The van der Waals surface area contributed by atoms with Gasteiger partial charge in [-0.25, -0.2) is 9.78 Å². The lowest BCUT2D eigenvalue weighted by atomic mass is 10.0. The Balaban J connectivity index is 0.00000451. The van der Waals surface area contributed by atoms with Crippen LogP contribution in [0, 0.1) is 0 Å². The van der Waals surface area contributed by atoms with Gasteiger partial charge in [0.15, 0.2) is 29.3 Å². The number of β-lactam (4-membered cyclic amide) rings is 1. The fourth-order valence-corrected chi connectivity index (χ4v) is 7.78. The SMILES string of the molecule is CO/N=C(\C(=O)N[C@@H]1C(=O)N2C(C(=O)OCc3ccc(OC)cc3)=C(C/C=C/C[n+]3cccc4c3CCC4)CS[C@H]12)c1csc(N)n1.[I-]. The van der Waals surface area contributed by atoms with E-state index in [1.807, 2.05) is 18.2 Å². The van der Waals surface area contributed by atoms with Crippen LogP contribution in [0.2, 0.25) is 0 Å². The second-order valence-electron chi connectivity index (χ2n) is 11.1. The lowest BCUT2D eigenvalue weighted by molar-refractivity contribution is -0.694.